The Labute approximate surface area is 614 Å². The van der Waals surface area contributed by atoms with Crippen LogP contribution in [0.3, 0.4) is 0 Å². The molecule has 8 rings (SSSR count). The number of hydrogen-bond donors (Lipinski definition) is 2. The average Bonchev–Trinajstić information content (AvgIpc) is 3.55. The smallest absolute Gasteiger partial charge is 1.00 e. The first-order chi connectivity index (χ1) is 38.6. The maximum atomic E-state index is 13.6. The number of alkyl halides is 3. The summed E-state index contributed by atoms with van der Waals surface area (Å²) in [5.41, 5.74) is 4.48. The van der Waals surface area contributed by atoms with Crippen molar-refractivity contribution in [2.45, 2.75) is 113 Å². The second kappa shape index (κ2) is 56.3. The maximum Gasteiger partial charge on any atom is 2.00 e. The van der Waals surface area contributed by atoms with Gasteiger partial charge in [-0.1, -0.05) is 148 Å². The van der Waals surface area contributed by atoms with Crippen molar-refractivity contribution in [3.8, 4) is 0 Å². The number of hydrazine groups is 1. The summed E-state index contributed by atoms with van der Waals surface area (Å²) in [6.07, 6.45) is 11.4. The number of Topliss-reactive ketones (excluding diaryl/α,β-unsaturated/α-hetero) is 3. The number of halogens is 8. The second-order valence-corrected chi connectivity index (χ2v) is 25.0. The summed E-state index contributed by atoms with van der Waals surface area (Å²) in [7, 11) is 9.09. The Morgan fingerprint density at radius 3 is 1.03 bits per heavy atom. The van der Waals surface area contributed by atoms with Crippen LogP contribution in [-0.2, 0) is 41.9 Å². The number of carbonyl (C=O) groups is 4. The fourth-order valence-electron chi connectivity index (χ4n) is 9.24. The standard InChI is InChI=1S/2C14H18FNO.C14H17FO.C10H12FNO2.C7H15N.CH2I2.CH3I.CH2I.CH4.CH3.Mg.H4N2.2V.2H/c2*1-10-3-4-13(15)12(9-10)14(17)11-5-7-16(2)8-6-11;1-10-7-8-13(15)12(9-10)14(16)11-5-3-2-4-6-11;1-7-4-5-9(11)8(6-7)10(13)12(2)14-3;1-7-3-5-8(2)6-4-7;2-1-3;2*1-2;;;;1-2;;;;/h2*3-4,9,11H,5-8H2,1-2H3;7-9,11H,2-6H2,1H3;4-6H,1-3H3;7H,3-6H2,1-2H3;1H2;1H3;1H2;1H4;1H3;;1-2H2;;;;/q;;;;;;;-1;;-1;+2;;;;2*-1. The molecule has 4 aromatic carbocycles. The molecule has 11 nitrogen and oxygen atoms in total. The Hall–Kier alpha value is -0.305. The molecule has 0 atom stereocenters. The molecule has 0 spiro atoms. The molecule has 1 saturated carbocycles. The van der Waals surface area contributed by atoms with Crippen LogP contribution < -0.4 is 11.7 Å². The number of aryl methyl sites for hydroxylation is 4. The second-order valence-electron chi connectivity index (χ2n) is 20.6. The van der Waals surface area contributed by atoms with E-state index in [1.807, 2.05) is 62.4 Å². The summed E-state index contributed by atoms with van der Waals surface area (Å²) in [5, 5.41) is 0.984. The fraction of sp³-hybridized carbons (Fsp3) is 0.531. The molecule has 0 bridgehead atoms. The van der Waals surface area contributed by atoms with E-state index in [0.29, 0.717) is 0 Å². The Balaban J connectivity index is -0.000000145. The minimum atomic E-state index is -0.537. The van der Waals surface area contributed by atoms with Gasteiger partial charge in [0, 0.05) is 61.9 Å². The largest absolute Gasteiger partial charge is 2.00 e. The number of carbonyl (C=O) groups excluding carboxylic acids is 4. The summed E-state index contributed by atoms with van der Waals surface area (Å²) in [6, 6.07) is 18.6. The van der Waals surface area contributed by atoms with E-state index in [4.69, 9.17) is 0 Å². The van der Waals surface area contributed by atoms with E-state index in [2.05, 4.69) is 118 Å². The molecule has 2 radical (unpaired) electrons. The fourth-order valence-corrected chi connectivity index (χ4v) is 9.24. The summed E-state index contributed by atoms with van der Waals surface area (Å²) in [5.74, 6) is 6.76. The molecule has 86 heavy (non-hydrogen) atoms. The molecule has 3 aliphatic heterocycles. The topological polar surface area (TPSA) is 143 Å². The molecule has 4 aliphatic rings. The first-order valence-corrected chi connectivity index (χ1v) is 34.0. The van der Waals surface area contributed by atoms with Crippen molar-refractivity contribution in [1.82, 2.24) is 19.8 Å². The van der Waals surface area contributed by atoms with Gasteiger partial charge in [0.15, 0.2) is 17.3 Å². The van der Waals surface area contributed by atoms with Gasteiger partial charge in [-0.2, -0.15) is 0 Å². The summed E-state index contributed by atoms with van der Waals surface area (Å²) in [6.45, 7) is 16.1. The zero-order chi connectivity index (χ0) is 61.8. The number of nitrogens with zero attached hydrogens (tertiary/aromatic N) is 4. The molecule has 4 fully saturated rings. The van der Waals surface area contributed by atoms with Crippen LogP contribution in [0.5, 0.6) is 0 Å². The van der Waals surface area contributed by atoms with Gasteiger partial charge in [-0.3, -0.25) is 40.6 Å². The minimum Gasteiger partial charge on any atom is -1.00 e. The van der Waals surface area contributed by atoms with Crippen LogP contribution in [0.4, 0.5) is 17.6 Å². The predicted octanol–water partition coefficient (Wildman–Crippen LogP) is 16.2. The molecule has 1 aliphatic carbocycles. The Kier molecular flexibility index (Phi) is 63.3. The molecule has 22 heteroatoms. The number of nitrogens with two attached hydrogens (primary N) is 2. The van der Waals surface area contributed by atoms with Crippen molar-refractivity contribution in [2.75, 3.05) is 81.9 Å². The SMILES string of the molecule is C.CC1CCN(C)CC1.CI.CON(C)C(=O)c1cc(C)ccc1F.Cc1ccc(F)c(C(=O)C2CCCCC2)c1.Cc1ccc(F)c(C(=O)C2CCN(C)CC2)c1.Cc1ccc(F)c(C(=O)C2CCN(C)CC2)c1.ICI.NN.[CH2-]I.[CH3-].[H-].[H-].[Mg+2].[V].[V]. The molecule has 0 aromatic heterocycles. The molecule has 4 N–H and O–H groups in total. The monoisotopic (exact) mass is 1740 g/mol. The predicted molar refractivity (Wildman–Crippen MR) is 381 cm³/mol. The molecular weight excluding hydrogens is 1640 g/mol. The van der Waals surface area contributed by atoms with Crippen LogP contribution in [0.1, 0.15) is 152 Å². The molecule has 3 saturated heterocycles. The third-order valence-electron chi connectivity index (χ3n) is 14.2. The number of hydroxylamine groups is 2. The van der Waals surface area contributed by atoms with Crippen molar-refractivity contribution in [3.63, 3.8) is 0 Å². The number of rotatable bonds is 8. The maximum absolute atomic E-state index is 13.6. The van der Waals surface area contributed by atoms with Crippen LogP contribution in [-0.4, -0.2) is 148 Å². The average molecular weight is 1740 g/mol. The third kappa shape index (κ3) is 37.4. The summed E-state index contributed by atoms with van der Waals surface area (Å²) in [4.78, 5) is 64.8. The van der Waals surface area contributed by atoms with E-state index in [0.717, 1.165) is 111 Å². The van der Waals surface area contributed by atoms with Gasteiger partial charge in [0.1, 0.15) is 23.3 Å². The van der Waals surface area contributed by atoms with E-state index in [9.17, 15) is 36.7 Å². The van der Waals surface area contributed by atoms with Gasteiger partial charge in [-0.25, -0.2) is 22.6 Å². The molecule has 1 amide bonds. The first kappa shape index (κ1) is 96.8. The number of ketones is 3. The first-order valence-electron chi connectivity index (χ1n) is 27.2. The van der Waals surface area contributed by atoms with Crippen molar-refractivity contribution in [3.05, 3.63) is 153 Å². The van der Waals surface area contributed by atoms with Crippen molar-refractivity contribution < 1.29 is 81.5 Å². The van der Waals surface area contributed by atoms with Crippen LogP contribution in [0.15, 0.2) is 72.8 Å². The summed E-state index contributed by atoms with van der Waals surface area (Å²) < 4.78 is 55.2. The van der Waals surface area contributed by atoms with Crippen LogP contribution in [0.25, 0.3) is 0 Å². The van der Waals surface area contributed by atoms with Crippen molar-refractivity contribution >= 4 is 137 Å². The third-order valence-corrected chi connectivity index (χ3v) is 14.2. The minimum absolute atomic E-state index is 0. The number of piperidine rings is 3. The van der Waals surface area contributed by atoms with E-state index >= 15 is 0 Å². The molecule has 4 aromatic rings. The molecule has 3 heterocycles. The van der Waals surface area contributed by atoms with E-state index < -0.39 is 11.7 Å². The van der Waals surface area contributed by atoms with Crippen LogP contribution in [0.2, 0.25) is 0 Å². The van der Waals surface area contributed by atoms with E-state index in [-0.39, 0.29) is 153 Å². The van der Waals surface area contributed by atoms with Crippen molar-refractivity contribution in [1.29, 1.82) is 0 Å². The molecular formula is C64H100F4I4MgN6O5V2-2. The Bertz CT molecular complexity index is 2380. The van der Waals surface area contributed by atoms with Gasteiger partial charge < -0.3 is 47.6 Å². The molecule has 486 valence electrons. The number of benzene rings is 4. The Morgan fingerprint density at radius 1 is 0.547 bits per heavy atom. The summed E-state index contributed by atoms with van der Waals surface area (Å²) >= 11 is 8.60. The van der Waals surface area contributed by atoms with Crippen LogP contribution in [0, 0.1) is 87.0 Å². The van der Waals surface area contributed by atoms with Crippen molar-refractivity contribution in [2.24, 2.45) is 35.4 Å². The van der Waals surface area contributed by atoms with Gasteiger partial charge in [-0.05, 0) is 199 Å². The quantitative estimate of drug-likeness (QED) is 0.0256. The van der Waals surface area contributed by atoms with E-state index in [1.54, 1.807) is 49.4 Å². The van der Waals surface area contributed by atoms with Gasteiger partial charge >= 0.3 is 23.1 Å². The number of hydrogen-bond acceptors (Lipinski definition) is 10. The van der Waals surface area contributed by atoms with Gasteiger partial charge in [0.25, 0.3) is 5.91 Å². The molecule has 0 unspecified atom stereocenters. The number of amides is 1. The number of likely N-dealkylation sites (tertiary alicyclic amines) is 3. The van der Waals surface area contributed by atoms with Gasteiger partial charge in [0.05, 0.1) is 31.8 Å². The van der Waals surface area contributed by atoms with Gasteiger partial charge in [-0.15, -0.1) is 0 Å². The van der Waals surface area contributed by atoms with Crippen LogP contribution >= 0.6 is 90.4 Å². The van der Waals surface area contributed by atoms with E-state index in [1.165, 1.54) is 79.3 Å². The van der Waals surface area contributed by atoms with Gasteiger partial charge in [0.2, 0.25) is 0 Å². The zero-order valence-electron chi connectivity index (χ0n) is 54.3. The zero-order valence-corrected chi connectivity index (χ0v) is 65.1. The normalized spacial score (nSPS) is 15.0. The Morgan fingerprint density at radius 2 is 0.779 bits per heavy atom.